The first kappa shape index (κ1) is 15.3. The Labute approximate surface area is 119 Å². The van der Waals surface area contributed by atoms with Crippen molar-refractivity contribution in [3.63, 3.8) is 0 Å². The van der Waals surface area contributed by atoms with Crippen LogP contribution in [-0.2, 0) is 4.79 Å². The number of benzene rings is 1. The lowest BCUT2D eigenvalue weighted by molar-refractivity contribution is -0.131. The van der Waals surface area contributed by atoms with Crippen molar-refractivity contribution >= 4 is 23.2 Å². The molecule has 0 aliphatic rings. The zero-order valence-corrected chi connectivity index (χ0v) is 12.2. The topological polar surface area (TPSA) is 56.1 Å². The Kier molecular flexibility index (Phi) is 5.65. The second-order valence-corrected chi connectivity index (χ2v) is 4.59. The Bertz CT molecular complexity index is 492. The maximum Gasteiger partial charge on any atom is 0.244 e. The molecule has 5 heteroatoms. The molecule has 0 saturated heterocycles. The van der Waals surface area contributed by atoms with Gasteiger partial charge in [0.15, 0.2) is 0 Å². The number of carbonyl (C=O) groups is 1. The molecular formula is C14H18ClN3O. The van der Waals surface area contributed by atoms with Crippen molar-refractivity contribution in [2.75, 3.05) is 18.4 Å². The van der Waals surface area contributed by atoms with Gasteiger partial charge in [-0.15, -0.1) is 0 Å². The molecule has 0 spiro atoms. The molecule has 0 heterocycles. The van der Waals surface area contributed by atoms with Gasteiger partial charge in [-0.3, -0.25) is 4.79 Å². The SMILES string of the molecule is CCN(CC)C(=O)C(C)Nc1ccc(C#N)c(Cl)c1. The number of anilines is 1. The number of halogens is 1. The normalized spacial score (nSPS) is 11.5. The van der Waals surface area contributed by atoms with E-state index in [1.165, 1.54) is 0 Å². The molecule has 1 atom stereocenters. The van der Waals surface area contributed by atoms with Crippen LogP contribution in [-0.4, -0.2) is 29.9 Å². The average molecular weight is 280 g/mol. The third-order valence-corrected chi connectivity index (χ3v) is 3.23. The number of nitrogens with zero attached hydrogens (tertiary/aromatic N) is 2. The van der Waals surface area contributed by atoms with E-state index in [9.17, 15) is 4.79 Å². The minimum Gasteiger partial charge on any atom is -0.374 e. The van der Waals surface area contributed by atoms with Gasteiger partial charge in [-0.05, 0) is 39.0 Å². The van der Waals surface area contributed by atoms with E-state index in [0.29, 0.717) is 23.7 Å². The molecule has 1 amide bonds. The van der Waals surface area contributed by atoms with Gasteiger partial charge in [0.05, 0.1) is 10.6 Å². The van der Waals surface area contributed by atoms with E-state index in [0.717, 1.165) is 5.69 Å². The molecule has 1 unspecified atom stereocenters. The fourth-order valence-corrected chi connectivity index (χ4v) is 2.04. The molecule has 0 aliphatic carbocycles. The van der Waals surface area contributed by atoms with Crippen LogP contribution in [0.25, 0.3) is 0 Å². The summed E-state index contributed by atoms with van der Waals surface area (Å²) in [5.41, 5.74) is 1.16. The Balaban J connectivity index is 2.77. The van der Waals surface area contributed by atoms with Crippen LogP contribution in [0.2, 0.25) is 5.02 Å². The zero-order valence-electron chi connectivity index (χ0n) is 11.4. The lowest BCUT2D eigenvalue weighted by Gasteiger charge is -2.24. The molecule has 0 fully saturated rings. The summed E-state index contributed by atoms with van der Waals surface area (Å²) in [6, 6.07) is 6.71. The van der Waals surface area contributed by atoms with Crippen molar-refractivity contribution in [2.45, 2.75) is 26.8 Å². The van der Waals surface area contributed by atoms with Gasteiger partial charge in [-0.25, -0.2) is 0 Å². The van der Waals surface area contributed by atoms with E-state index in [4.69, 9.17) is 16.9 Å². The summed E-state index contributed by atoms with van der Waals surface area (Å²) in [5, 5.41) is 12.3. The smallest absolute Gasteiger partial charge is 0.244 e. The summed E-state index contributed by atoms with van der Waals surface area (Å²) in [7, 11) is 0. The summed E-state index contributed by atoms with van der Waals surface area (Å²) in [6.07, 6.45) is 0. The molecule has 1 rings (SSSR count). The van der Waals surface area contributed by atoms with Crippen LogP contribution in [0.3, 0.4) is 0 Å². The zero-order chi connectivity index (χ0) is 14.4. The van der Waals surface area contributed by atoms with Gasteiger partial charge in [-0.1, -0.05) is 11.6 Å². The summed E-state index contributed by atoms with van der Waals surface area (Å²) in [5.74, 6) is 0.0467. The van der Waals surface area contributed by atoms with Crippen molar-refractivity contribution in [1.82, 2.24) is 4.90 Å². The molecule has 102 valence electrons. The second-order valence-electron chi connectivity index (χ2n) is 4.18. The average Bonchev–Trinajstić information content (AvgIpc) is 2.40. The highest BCUT2D eigenvalue weighted by atomic mass is 35.5. The first-order chi connectivity index (χ1) is 9.03. The Morgan fingerprint density at radius 1 is 1.47 bits per heavy atom. The number of hydrogen-bond acceptors (Lipinski definition) is 3. The first-order valence-electron chi connectivity index (χ1n) is 6.28. The van der Waals surface area contributed by atoms with Crippen LogP contribution in [0.1, 0.15) is 26.3 Å². The number of amides is 1. The quantitative estimate of drug-likeness (QED) is 0.902. The number of nitriles is 1. The number of carbonyl (C=O) groups excluding carboxylic acids is 1. The van der Waals surface area contributed by atoms with Gasteiger partial charge in [0.1, 0.15) is 12.1 Å². The van der Waals surface area contributed by atoms with Crippen molar-refractivity contribution in [3.8, 4) is 6.07 Å². The fourth-order valence-electron chi connectivity index (χ4n) is 1.82. The number of hydrogen-bond donors (Lipinski definition) is 1. The third-order valence-electron chi connectivity index (χ3n) is 2.92. The van der Waals surface area contributed by atoms with Crippen LogP contribution < -0.4 is 5.32 Å². The Hall–Kier alpha value is -1.73. The summed E-state index contributed by atoms with van der Waals surface area (Å²) >= 11 is 5.95. The van der Waals surface area contributed by atoms with E-state index < -0.39 is 0 Å². The maximum absolute atomic E-state index is 12.1. The molecule has 1 N–H and O–H groups in total. The van der Waals surface area contributed by atoms with Gasteiger partial charge < -0.3 is 10.2 Å². The van der Waals surface area contributed by atoms with Crippen molar-refractivity contribution in [2.24, 2.45) is 0 Å². The van der Waals surface area contributed by atoms with Gasteiger partial charge in [0.25, 0.3) is 0 Å². The number of rotatable bonds is 5. The highest BCUT2D eigenvalue weighted by Crippen LogP contribution is 2.20. The highest BCUT2D eigenvalue weighted by molar-refractivity contribution is 6.32. The molecule has 1 aromatic carbocycles. The van der Waals surface area contributed by atoms with Crippen LogP contribution in [0.5, 0.6) is 0 Å². The first-order valence-corrected chi connectivity index (χ1v) is 6.66. The summed E-state index contributed by atoms with van der Waals surface area (Å²) in [4.78, 5) is 13.9. The predicted octanol–water partition coefficient (Wildman–Crippen LogP) is 2.88. The number of nitrogens with one attached hydrogen (secondary N) is 1. The maximum atomic E-state index is 12.1. The van der Waals surface area contributed by atoms with Crippen LogP contribution >= 0.6 is 11.6 Å². The van der Waals surface area contributed by atoms with Crippen molar-refractivity contribution in [3.05, 3.63) is 28.8 Å². The van der Waals surface area contributed by atoms with Gasteiger partial charge >= 0.3 is 0 Å². The number of likely N-dealkylation sites (N-methyl/N-ethyl adjacent to an activating group) is 1. The molecule has 0 bridgehead atoms. The molecule has 1 aromatic rings. The van der Waals surface area contributed by atoms with E-state index in [1.807, 2.05) is 26.8 Å². The molecule has 4 nitrogen and oxygen atoms in total. The van der Waals surface area contributed by atoms with Crippen molar-refractivity contribution in [1.29, 1.82) is 5.26 Å². The largest absolute Gasteiger partial charge is 0.374 e. The van der Waals surface area contributed by atoms with Crippen molar-refractivity contribution < 1.29 is 4.79 Å². The standard InChI is InChI=1S/C14H18ClN3O/c1-4-18(5-2)14(19)10(3)17-12-7-6-11(9-16)13(15)8-12/h6-8,10,17H,4-5H2,1-3H3. The lowest BCUT2D eigenvalue weighted by atomic mass is 10.2. The Morgan fingerprint density at radius 3 is 2.58 bits per heavy atom. The Morgan fingerprint density at radius 2 is 2.11 bits per heavy atom. The van der Waals surface area contributed by atoms with E-state index in [-0.39, 0.29) is 11.9 Å². The van der Waals surface area contributed by atoms with E-state index in [2.05, 4.69) is 5.32 Å². The molecular weight excluding hydrogens is 262 g/mol. The minimum atomic E-state index is -0.330. The van der Waals surface area contributed by atoms with Gasteiger partial charge in [0.2, 0.25) is 5.91 Å². The van der Waals surface area contributed by atoms with Gasteiger partial charge in [-0.2, -0.15) is 5.26 Å². The van der Waals surface area contributed by atoms with E-state index in [1.54, 1.807) is 23.1 Å². The summed E-state index contributed by atoms with van der Waals surface area (Å²) in [6.45, 7) is 7.09. The molecule has 0 radical (unpaired) electrons. The molecule has 0 saturated carbocycles. The summed E-state index contributed by atoms with van der Waals surface area (Å²) < 4.78 is 0. The predicted molar refractivity (Wildman–Crippen MR) is 77.2 cm³/mol. The van der Waals surface area contributed by atoms with Crippen LogP contribution in [0.15, 0.2) is 18.2 Å². The van der Waals surface area contributed by atoms with Crippen LogP contribution in [0.4, 0.5) is 5.69 Å². The fraction of sp³-hybridized carbons (Fsp3) is 0.429. The lowest BCUT2D eigenvalue weighted by Crippen LogP contribution is -2.41. The highest BCUT2D eigenvalue weighted by Gasteiger charge is 2.17. The third kappa shape index (κ3) is 3.87. The van der Waals surface area contributed by atoms with Gasteiger partial charge in [0, 0.05) is 18.8 Å². The molecule has 0 aliphatic heterocycles. The van der Waals surface area contributed by atoms with E-state index >= 15 is 0 Å². The van der Waals surface area contributed by atoms with Crippen LogP contribution in [0, 0.1) is 11.3 Å². The molecule has 0 aromatic heterocycles. The minimum absolute atomic E-state index is 0.0467. The molecule has 19 heavy (non-hydrogen) atoms. The monoisotopic (exact) mass is 279 g/mol. The second kappa shape index (κ2) is 7.01.